The first kappa shape index (κ1) is 24.0. The third kappa shape index (κ3) is 6.92. The average Bonchev–Trinajstić information content (AvgIpc) is 3.07. The molecule has 2 aromatic rings. The van der Waals surface area contributed by atoms with Crippen LogP contribution in [0.5, 0.6) is 5.75 Å². The molecule has 0 amide bonds. The third-order valence-corrected chi connectivity index (χ3v) is 7.58. The number of hydrogen-bond acceptors (Lipinski definition) is 6. The normalized spacial score (nSPS) is 18.8. The van der Waals surface area contributed by atoms with Gasteiger partial charge in [-0.3, -0.25) is 9.69 Å². The molecule has 1 aliphatic rings. The number of sulfone groups is 1. The maximum Gasteiger partial charge on any atom is 0.159 e. The van der Waals surface area contributed by atoms with E-state index in [2.05, 4.69) is 0 Å². The molecule has 9 heteroatoms. The number of aliphatic hydroxyl groups is 1. The highest BCUT2D eigenvalue weighted by molar-refractivity contribution is 7.91. The standard InChI is InChI=1S/C22H25Cl2NO5S/c1-15(26)16-3-2-4-21(9-16)30-13-20(27)12-25(19-7-8-31(28,29)14-19)11-17-5-6-18(23)10-22(17)24/h2-6,9-10,19-20,27H,7-8,11-14H2,1H3. The summed E-state index contributed by atoms with van der Waals surface area (Å²) in [5.74, 6) is 0.598. The van der Waals surface area contributed by atoms with E-state index >= 15 is 0 Å². The van der Waals surface area contributed by atoms with Crippen molar-refractivity contribution in [3.63, 3.8) is 0 Å². The number of rotatable bonds is 9. The lowest BCUT2D eigenvalue weighted by Gasteiger charge is -2.30. The molecule has 1 aliphatic heterocycles. The number of nitrogens with zero attached hydrogens (tertiary/aromatic N) is 1. The highest BCUT2D eigenvalue weighted by Crippen LogP contribution is 2.26. The summed E-state index contributed by atoms with van der Waals surface area (Å²) >= 11 is 12.3. The highest BCUT2D eigenvalue weighted by Gasteiger charge is 2.33. The number of ether oxygens (including phenoxy) is 1. The number of aliphatic hydroxyl groups excluding tert-OH is 1. The number of carbonyl (C=O) groups is 1. The maximum atomic E-state index is 12.0. The van der Waals surface area contributed by atoms with Crippen molar-refractivity contribution in [3.8, 4) is 5.75 Å². The summed E-state index contributed by atoms with van der Waals surface area (Å²) < 4.78 is 29.7. The van der Waals surface area contributed by atoms with E-state index in [-0.39, 0.29) is 36.5 Å². The van der Waals surface area contributed by atoms with Gasteiger partial charge >= 0.3 is 0 Å². The molecule has 31 heavy (non-hydrogen) atoms. The molecular weight excluding hydrogens is 461 g/mol. The van der Waals surface area contributed by atoms with Gasteiger partial charge in [-0.1, -0.05) is 41.4 Å². The third-order valence-electron chi connectivity index (χ3n) is 5.24. The minimum Gasteiger partial charge on any atom is -0.491 e. The van der Waals surface area contributed by atoms with Crippen molar-refractivity contribution in [3.05, 3.63) is 63.6 Å². The Balaban J connectivity index is 1.68. The van der Waals surface area contributed by atoms with Crippen LogP contribution in [0.4, 0.5) is 0 Å². The first-order valence-electron chi connectivity index (χ1n) is 9.93. The van der Waals surface area contributed by atoms with E-state index in [4.69, 9.17) is 27.9 Å². The van der Waals surface area contributed by atoms with Crippen molar-refractivity contribution in [1.82, 2.24) is 4.90 Å². The summed E-state index contributed by atoms with van der Waals surface area (Å²) in [5.41, 5.74) is 1.33. The van der Waals surface area contributed by atoms with E-state index in [1.807, 2.05) is 4.90 Å². The SMILES string of the molecule is CC(=O)c1cccc(OCC(O)CN(Cc2ccc(Cl)cc2Cl)C2CCS(=O)(=O)C2)c1. The minimum absolute atomic E-state index is 0.00563. The van der Waals surface area contributed by atoms with E-state index in [1.165, 1.54) is 6.92 Å². The van der Waals surface area contributed by atoms with E-state index < -0.39 is 15.9 Å². The van der Waals surface area contributed by atoms with Crippen molar-refractivity contribution in [1.29, 1.82) is 0 Å². The topological polar surface area (TPSA) is 83.9 Å². The molecule has 2 unspecified atom stereocenters. The molecule has 0 bridgehead atoms. The van der Waals surface area contributed by atoms with Gasteiger partial charge in [0, 0.05) is 34.7 Å². The van der Waals surface area contributed by atoms with Crippen LogP contribution in [-0.4, -0.2) is 61.0 Å². The molecule has 0 radical (unpaired) electrons. The Labute approximate surface area is 192 Å². The second-order valence-corrected chi connectivity index (χ2v) is 10.8. The number of ketones is 1. The number of benzene rings is 2. The van der Waals surface area contributed by atoms with Crippen molar-refractivity contribution in [2.45, 2.75) is 32.0 Å². The molecule has 168 valence electrons. The van der Waals surface area contributed by atoms with Crippen molar-refractivity contribution >= 4 is 38.8 Å². The Bertz CT molecular complexity index is 1040. The molecule has 1 saturated heterocycles. The Morgan fingerprint density at radius 1 is 1.26 bits per heavy atom. The van der Waals surface area contributed by atoms with Crippen LogP contribution in [0.3, 0.4) is 0 Å². The molecule has 3 rings (SSSR count). The van der Waals surface area contributed by atoms with Crippen LogP contribution in [0.25, 0.3) is 0 Å². The monoisotopic (exact) mass is 485 g/mol. The molecule has 0 aromatic heterocycles. The van der Waals surface area contributed by atoms with Crippen molar-refractivity contribution in [2.75, 3.05) is 24.7 Å². The van der Waals surface area contributed by atoms with Gasteiger partial charge in [-0.2, -0.15) is 0 Å². The van der Waals surface area contributed by atoms with Gasteiger partial charge in [0.15, 0.2) is 15.6 Å². The van der Waals surface area contributed by atoms with Crippen LogP contribution in [0.15, 0.2) is 42.5 Å². The number of hydrogen-bond donors (Lipinski definition) is 1. The molecule has 2 aromatic carbocycles. The summed E-state index contributed by atoms with van der Waals surface area (Å²) in [7, 11) is -3.09. The van der Waals surface area contributed by atoms with Gasteiger partial charge in [0.05, 0.1) is 11.5 Å². The lowest BCUT2D eigenvalue weighted by Crippen LogP contribution is -2.42. The molecule has 0 spiro atoms. The Hall–Kier alpha value is -1.64. The van der Waals surface area contributed by atoms with Crippen LogP contribution in [0, 0.1) is 0 Å². The first-order chi connectivity index (χ1) is 14.6. The highest BCUT2D eigenvalue weighted by atomic mass is 35.5. The van der Waals surface area contributed by atoms with Crippen LogP contribution < -0.4 is 4.74 Å². The lowest BCUT2D eigenvalue weighted by atomic mass is 10.1. The van der Waals surface area contributed by atoms with Gasteiger partial charge in [-0.05, 0) is 43.2 Å². The summed E-state index contributed by atoms with van der Waals surface area (Å²) in [6, 6.07) is 11.7. The quantitative estimate of drug-likeness (QED) is 0.546. The van der Waals surface area contributed by atoms with Crippen LogP contribution in [0.2, 0.25) is 10.0 Å². The van der Waals surface area contributed by atoms with Gasteiger partial charge in [-0.25, -0.2) is 8.42 Å². The van der Waals surface area contributed by atoms with E-state index in [0.717, 1.165) is 5.56 Å². The van der Waals surface area contributed by atoms with E-state index in [0.29, 0.717) is 34.3 Å². The van der Waals surface area contributed by atoms with Crippen molar-refractivity contribution < 1.29 is 23.1 Å². The molecule has 1 N–H and O–H groups in total. The molecule has 0 saturated carbocycles. The Morgan fingerprint density at radius 2 is 2.03 bits per heavy atom. The molecule has 0 aliphatic carbocycles. The first-order valence-corrected chi connectivity index (χ1v) is 12.5. The second-order valence-electron chi connectivity index (χ2n) is 7.77. The summed E-state index contributed by atoms with van der Waals surface area (Å²) in [4.78, 5) is 13.5. The maximum absolute atomic E-state index is 12.0. The lowest BCUT2D eigenvalue weighted by molar-refractivity contribution is 0.0524. The smallest absolute Gasteiger partial charge is 0.159 e. The summed E-state index contributed by atoms with van der Waals surface area (Å²) in [5, 5.41) is 11.6. The average molecular weight is 486 g/mol. The fourth-order valence-corrected chi connectivity index (χ4v) is 5.83. The zero-order valence-electron chi connectivity index (χ0n) is 17.1. The van der Waals surface area contributed by atoms with Gasteiger partial charge in [-0.15, -0.1) is 0 Å². The van der Waals surface area contributed by atoms with Gasteiger partial charge in [0.1, 0.15) is 18.5 Å². The number of halogens is 2. The predicted octanol–water partition coefficient (Wildman–Crippen LogP) is 3.63. The fraction of sp³-hybridized carbons (Fsp3) is 0.409. The summed E-state index contributed by atoms with van der Waals surface area (Å²) in [6.45, 7) is 2.08. The Morgan fingerprint density at radius 3 is 2.68 bits per heavy atom. The Kier molecular flexibility index (Phi) is 7.99. The fourth-order valence-electron chi connectivity index (χ4n) is 3.60. The largest absolute Gasteiger partial charge is 0.491 e. The number of carbonyl (C=O) groups excluding carboxylic acids is 1. The van der Waals surface area contributed by atoms with Gasteiger partial charge in [0.2, 0.25) is 0 Å². The molecule has 1 heterocycles. The van der Waals surface area contributed by atoms with Gasteiger partial charge < -0.3 is 9.84 Å². The molecule has 6 nitrogen and oxygen atoms in total. The van der Waals surface area contributed by atoms with Crippen LogP contribution >= 0.6 is 23.2 Å². The number of Topliss-reactive ketones (excluding diaryl/α,β-unsaturated/α-hetero) is 1. The van der Waals surface area contributed by atoms with Crippen LogP contribution in [-0.2, 0) is 16.4 Å². The zero-order chi connectivity index (χ0) is 22.6. The van der Waals surface area contributed by atoms with Crippen LogP contribution in [0.1, 0.15) is 29.3 Å². The van der Waals surface area contributed by atoms with Gasteiger partial charge in [0.25, 0.3) is 0 Å². The minimum atomic E-state index is -3.09. The predicted molar refractivity (Wildman–Crippen MR) is 122 cm³/mol. The molecule has 2 atom stereocenters. The second kappa shape index (κ2) is 10.3. The van der Waals surface area contributed by atoms with E-state index in [1.54, 1.807) is 42.5 Å². The zero-order valence-corrected chi connectivity index (χ0v) is 19.5. The summed E-state index contributed by atoms with van der Waals surface area (Å²) in [6.07, 6.45) is -0.364. The van der Waals surface area contributed by atoms with Crippen molar-refractivity contribution in [2.24, 2.45) is 0 Å². The molecule has 1 fully saturated rings. The molecular formula is C22H25Cl2NO5S. The van der Waals surface area contributed by atoms with E-state index in [9.17, 15) is 18.3 Å².